The summed E-state index contributed by atoms with van der Waals surface area (Å²) in [6.07, 6.45) is 0. The first-order chi connectivity index (χ1) is 16.3. The molecule has 0 amide bonds. The fraction of sp³-hybridized carbons (Fsp3) is 0.0323. The van der Waals surface area contributed by atoms with Gasteiger partial charge in [0.1, 0.15) is 8.07 Å². The summed E-state index contributed by atoms with van der Waals surface area (Å²) in [4.78, 5) is 0. The van der Waals surface area contributed by atoms with Crippen LogP contribution in [0.4, 0.5) is 0 Å². The molecule has 0 spiro atoms. The van der Waals surface area contributed by atoms with E-state index >= 15 is 0 Å². The predicted molar refractivity (Wildman–Crippen MR) is 144 cm³/mol. The van der Waals surface area contributed by atoms with Gasteiger partial charge in [0, 0.05) is 16.5 Å². The third-order valence-corrected chi connectivity index (χ3v) is 11.4. The normalized spacial score (nSPS) is 11.8. The van der Waals surface area contributed by atoms with Gasteiger partial charge in [-0.25, -0.2) is 0 Å². The molecule has 6 rings (SSSR count). The van der Waals surface area contributed by atoms with E-state index in [1.165, 1.54) is 43.1 Å². The van der Waals surface area contributed by atoms with Crippen LogP contribution >= 0.6 is 0 Å². The van der Waals surface area contributed by atoms with Crippen molar-refractivity contribution in [1.29, 1.82) is 0 Å². The minimum Gasteiger partial charge on any atom is -0.309 e. The second-order valence-electron chi connectivity index (χ2n) is 8.74. The van der Waals surface area contributed by atoms with E-state index in [-0.39, 0.29) is 0 Å². The second kappa shape index (κ2) is 7.91. The van der Waals surface area contributed by atoms with Gasteiger partial charge in [-0.15, -0.1) is 0 Å². The quantitative estimate of drug-likeness (QED) is 0.239. The molecule has 0 saturated heterocycles. The molecule has 0 saturated carbocycles. The number of fused-ring (bicyclic) bond motifs is 3. The van der Waals surface area contributed by atoms with Crippen molar-refractivity contribution >= 4 is 45.4 Å². The van der Waals surface area contributed by atoms with Crippen molar-refractivity contribution in [3.63, 3.8) is 0 Å². The first-order valence-electron chi connectivity index (χ1n) is 11.5. The molecular weight excluding hydrogens is 414 g/mol. The SMILES string of the molecule is C[Si](c1ccccc1)(c1ccccc1)c1ccccc1-n1c2ccccc2c2ccccc21. The molecule has 1 aromatic heterocycles. The second-order valence-corrected chi connectivity index (χ2v) is 12.7. The Bertz CT molecular complexity index is 1470. The third kappa shape index (κ3) is 3.06. The van der Waals surface area contributed by atoms with E-state index in [1.807, 2.05) is 0 Å². The summed E-state index contributed by atoms with van der Waals surface area (Å²) < 4.78 is 2.47. The molecule has 1 nitrogen and oxygen atoms in total. The lowest BCUT2D eigenvalue weighted by atomic mass is 10.2. The van der Waals surface area contributed by atoms with Crippen molar-refractivity contribution in [2.24, 2.45) is 0 Å². The average molecular weight is 440 g/mol. The number of rotatable bonds is 4. The van der Waals surface area contributed by atoms with Crippen LogP contribution in [0.2, 0.25) is 6.55 Å². The van der Waals surface area contributed by atoms with Crippen LogP contribution in [0.3, 0.4) is 0 Å². The molecule has 0 radical (unpaired) electrons. The van der Waals surface area contributed by atoms with Crippen LogP contribution in [0, 0.1) is 0 Å². The van der Waals surface area contributed by atoms with Crippen molar-refractivity contribution in [3.05, 3.63) is 133 Å². The van der Waals surface area contributed by atoms with Crippen LogP contribution < -0.4 is 15.6 Å². The summed E-state index contributed by atoms with van der Waals surface area (Å²) in [5.41, 5.74) is 3.78. The van der Waals surface area contributed by atoms with Gasteiger partial charge in [0.15, 0.2) is 0 Å². The maximum absolute atomic E-state index is 2.49. The number of aromatic nitrogens is 1. The number of hydrogen-bond donors (Lipinski definition) is 0. The average Bonchev–Trinajstić information content (AvgIpc) is 3.24. The van der Waals surface area contributed by atoms with Crippen molar-refractivity contribution in [3.8, 4) is 5.69 Å². The fourth-order valence-electron chi connectivity index (χ4n) is 5.29. The van der Waals surface area contributed by atoms with Crippen LogP contribution in [-0.2, 0) is 0 Å². The fourth-order valence-corrected chi connectivity index (χ4v) is 9.10. The Hall–Kier alpha value is -3.88. The number of hydrogen-bond acceptors (Lipinski definition) is 0. The van der Waals surface area contributed by atoms with Gasteiger partial charge in [-0.3, -0.25) is 0 Å². The molecule has 1 heterocycles. The van der Waals surface area contributed by atoms with Gasteiger partial charge in [0.25, 0.3) is 0 Å². The molecule has 6 aromatic rings. The van der Waals surface area contributed by atoms with Gasteiger partial charge in [-0.1, -0.05) is 122 Å². The minimum absolute atomic E-state index is 1.25. The summed E-state index contributed by atoms with van der Waals surface area (Å²) in [5.74, 6) is 0. The van der Waals surface area contributed by atoms with Gasteiger partial charge in [0.2, 0.25) is 0 Å². The Labute approximate surface area is 195 Å². The van der Waals surface area contributed by atoms with Crippen LogP contribution in [0.15, 0.2) is 133 Å². The number of benzene rings is 5. The molecule has 0 fully saturated rings. The van der Waals surface area contributed by atoms with E-state index in [4.69, 9.17) is 0 Å². The first kappa shape index (κ1) is 19.8. The summed E-state index contributed by atoms with van der Waals surface area (Å²) in [7, 11) is -2.27. The Balaban J connectivity index is 1.73. The highest BCUT2D eigenvalue weighted by Gasteiger charge is 2.36. The molecule has 0 atom stereocenters. The van der Waals surface area contributed by atoms with Gasteiger partial charge in [0.05, 0.1) is 11.0 Å². The van der Waals surface area contributed by atoms with Crippen molar-refractivity contribution < 1.29 is 0 Å². The summed E-state index contributed by atoms with van der Waals surface area (Å²) in [5, 5.41) is 6.86. The maximum Gasteiger partial charge on any atom is 0.148 e. The largest absolute Gasteiger partial charge is 0.309 e. The molecule has 0 bridgehead atoms. The predicted octanol–water partition coefficient (Wildman–Crippen LogP) is 5.88. The zero-order valence-corrected chi connectivity index (χ0v) is 19.6. The molecule has 33 heavy (non-hydrogen) atoms. The Morgan fingerprint density at radius 3 is 1.42 bits per heavy atom. The Kier molecular flexibility index (Phi) is 4.74. The first-order valence-corrected chi connectivity index (χ1v) is 14.0. The maximum atomic E-state index is 2.49. The lowest BCUT2D eigenvalue weighted by Gasteiger charge is -2.32. The molecule has 0 aliphatic rings. The van der Waals surface area contributed by atoms with Gasteiger partial charge < -0.3 is 4.57 Å². The highest BCUT2D eigenvalue weighted by atomic mass is 28.3. The number of nitrogens with zero attached hydrogens (tertiary/aromatic N) is 1. The van der Waals surface area contributed by atoms with Crippen LogP contribution in [0.1, 0.15) is 0 Å². The van der Waals surface area contributed by atoms with Gasteiger partial charge >= 0.3 is 0 Å². The molecule has 0 unspecified atom stereocenters. The minimum atomic E-state index is -2.27. The summed E-state index contributed by atoms with van der Waals surface area (Å²) in [6.45, 7) is 2.49. The van der Waals surface area contributed by atoms with E-state index < -0.39 is 8.07 Å². The van der Waals surface area contributed by atoms with Crippen LogP contribution in [0.5, 0.6) is 0 Å². The Morgan fingerprint density at radius 1 is 0.455 bits per heavy atom. The monoisotopic (exact) mass is 439 g/mol. The van der Waals surface area contributed by atoms with Gasteiger partial charge in [-0.2, -0.15) is 0 Å². The molecule has 2 heteroatoms. The zero-order valence-electron chi connectivity index (χ0n) is 18.6. The summed E-state index contributed by atoms with van der Waals surface area (Å²) in [6, 6.07) is 48.7. The highest BCUT2D eigenvalue weighted by molar-refractivity contribution is 7.11. The van der Waals surface area contributed by atoms with Crippen LogP contribution in [-0.4, -0.2) is 12.6 Å². The van der Waals surface area contributed by atoms with E-state index in [0.29, 0.717) is 0 Å². The lowest BCUT2D eigenvalue weighted by molar-refractivity contribution is 1.19. The van der Waals surface area contributed by atoms with Crippen molar-refractivity contribution in [1.82, 2.24) is 4.57 Å². The zero-order chi connectivity index (χ0) is 22.3. The lowest BCUT2D eigenvalue weighted by Crippen LogP contribution is -2.65. The standard InChI is InChI=1S/C31H25NSi/c1-33(24-14-4-2-5-15-24,25-16-6-3-7-17-25)31-23-13-12-22-30(31)32-28-20-10-8-18-26(28)27-19-9-11-21-29(27)32/h2-23H,1H3. The molecular formula is C31H25NSi. The van der Waals surface area contributed by atoms with Crippen molar-refractivity contribution in [2.45, 2.75) is 6.55 Å². The van der Waals surface area contributed by atoms with E-state index in [2.05, 4.69) is 145 Å². The van der Waals surface area contributed by atoms with Crippen LogP contribution in [0.25, 0.3) is 27.5 Å². The number of para-hydroxylation sites is 3. The summed E-state index contributed by atoms with van der Waals surface area (Å²) >= 11 is 0. The third-order valence-electron chi connectivity index (χ3n) is 6.97. The highest BCUT2D eigenvalue weighted by Crippen LogP contribution is 2.31. The smallest absolute Gasteiger partial charge is 0.148 e. The molecule has 158 valence electrons. The molecule has 5 aromatic carbocycles. The topological polar surface area (TPSA) is 4.93 Å². The Morgan fingerprint density at radius 2 is 0.879 bits per heavy atom. The van der Waals surface area contributed by atoms with E-state index in [0.717, 1.165) is 0 Å². The molecule has 0 aliphatic heterocycles. The molecule has 0 N–H and O–H groups in total. The van der Waals surface area contributed by atoms with E-state index in [1.54, 1.807) is 0 Å². The van der Waals surface area contributed by atoms with E-state index in [9.17, 15) is 0 Å². The van der Waals surface area contributed by atoms with Gasteiger partial charge in [-0.05, 0) is 33.8 Å². The van der Waals surface area contributed by atoms with Crippen molar-refractivity contribution in [2.75, 3.05) is 0 Å². The molecule has 0 aliphatic carbocycles.